The van der Waals surface area contributed by atoms with Crippen molar-refractivity contribution in [2.75, 3.05) is 26.2 Å². The van der Waals surface area contributed by atoms with Crippen molar-refractivity contribution in [1.82, 2.24) is 40.3 Å². The van der Waals surface area contributed by atoms with Gasteiger partial charge in [-0.25, -0.2) is 9.59 Å². The number of ether oxygens (including phenoxy) is 2. The summed E-state index contributed by atoms with van der Waals surface area (Å²) in [7, 11) is 0. The first-order chi connectivity index (χ1) is 42.4. The lowest BCUT2D eigenvalue weighted by Gasteiger charge is -2.38. The maximum absolute atomic E-state index is 12.8. The molecule has 3 aliphatic heterocycles. The van der Waals surface area contributed by atoms with Gasteiger partial charge in [0.05, 0.1) is 35.7 Å². The minimum atomic E-state index is -0.554. The predicted molar refractivity (Wildman–Crippen MR) is 358 cm³/mol. The minimum absolute atomic E-state index is 0.0395. The molecule has 6 heterocycles. The summed E-state index contributed by atoms with van der Waals surface area (Å²) in [5, 5.41) is 7.28. The molecule has 9 rings (SSSR count). The number of aryl methyl sites for hydroxylation is 3. The Hall–Kier alpha value is -7.21. The van der Waals surface area contributed by atoms with E-state index in [0.717, 1.165) is 117 Å². The van der Waals surface area contributed by atoms with Crippen LogP contribution < -0.4 is 22.1 Å². The summed E-state index contributed by atoms with van der Waals surface area (Å²) in [5.41, 5.74) is 24.5. The van der Waals surface area contributed by atoms with E-state index >= 15 is 0 Å². The smallest absolute Gasteiger partial charge is 0.411 e. The molecule has 3 aromatic heterocycles. The second-order valence-electron chi connectivity index (χ2n) is 25.7. The molecule has 0 spiro atoms. The first-order valence-electron chi connectivity index (χ1n) is 31.9. The van der Waals surface area contributed by atoms with Gasteiger partial charge in [0.15, 0.2) is 0 Å². The number of nitrogens with one attached hydrogen (secondary N) is 2. The average Bonchev–Trinajstić information content (AvgIpc) is 1.59. The van der Waals surface area contributed by atoms with Gasteiger partial charge in [-0.15, -0.1) is 0 Å². The summed E-state index contributed by atoms with van der Waals surface area (Å²) in [5.74, 6) is 0. The fraction of sp³-hybridized carbons (Fsp3) is 0.493. The van der Waals surface area contributed by atoms with Crippen molar-refractivity contribution in [2.24, 2.45) is 11.5 Å². The molecule has 89 heavy (non-hydrogen) atoms. The lowest BCUT2D eigenvalue weighted by Crippen LogP contribution is -2.50. The lowest BCUT2D eigenvalue weighted by atomic mass is 9.94. The number of benzene rings is 3. The zero-order valence-electron chi connectivity index (χ0n) is 55.6. The van der Waals surface area contributed by atoms with E-state index in [9.17, 15) is 19.2 Å². The molecule has 3 aromatic carbocycles. The topological polar surface area (TPSA) is 211 Å². The van der Waals surface area contributed by atoms with Crippen molar-refractivity contribution in [2.45, 2.75) is 208 Å². The molecule has 0 aliphatic carbocycles. The van der Waals surface area contributed by atoms with Gasteiger partial charge in [-0.2, -0.15) is 0 Å². The molecule has 0 unspecified atom stereocenters. The molecule has 6 aromatic rings. The van der Waals surface area contributed by atoms with E-state index in [4.69, 9.17) is 20.9 Å². The lowest BCUT2D eigenvalue weighted by molar-refractivity contribution is -0.113. The Kier molecular flexibility index (Phi) is 29.7. The Labute approximate surface area is 532 Å². The molecular formula is C73H104N10O6. The zero-order chi connectivity index (χ0) is 65.1. The number of aromatic nitrogens is 3. The second kappa shape index (κ2) is 36.4. The highest BCUT2D eigenvalue weighted by atomic mass is 16.6. The number of amides is 2. The number of aldehydes is 2. The molecule has 0 saturated carbocycles. The molecule has 3 aliphatic rings. The van der Waals surface area contributed by atoms with E-state index in [1.54, 1.807) is 0 Å². The SMILES string of the molecule is CC(C)(C)OC(=O)N1Cc2ccccc2C[C@@H]1C=O.CCCCC=O.Cc1ccc([C@H](C)N(CCCCN)C[C@H]2Cc3ccccc3CN2)nc1.Cc1ccc([C@H](C)N)nc1.Cc1ccc([C@H](C)NC[C@H]2Cc3ccccc3CN2C(=O)OC(C)(C)C)nc1. The van der Waals surface area contributed by atoms with Crippen molar-refractivity contribution in [3.05, 3.63) is 195 Å². The molecule has 2 amide bonds. The first-order valence-corrected chi connectivity index (χ1v) is 31.9. The monoisotopic (exact) mass is 1220 g/mol. The highest BCUT2D eigenvalue weighted by molar-refractivity contribution is 5.75. The van der Waals surface area contributed by atoms with E-state index in [2.05, 4.69) is 125 Å². The quantitative estimate of drug-likeness (QED) is 0.0494. The zero-order valence-corrected chi connectivity index (χ0v) is 55.6. The first kappa shape index (κ1) is 72.5. The average molecular weight is 1220 g/mol. The van der Waals surface area contributed by atoms with Crippen molar-refractivity contribution in [1.29, 1.82) is 0 Å². The standard InChI is InChI=1S/C23H31N3O2.C22H32N4.C15H19NO3.C8H12N2.C5H10O/c1-16-10-11-21(25-13-16)17(2)24-14-20-12-18-8-6-7-9-19(18)15-26(20)22(27)28-23(3,4)5;1-17-9-10-22(25-14-17)18(2)26(12-6-5-11-23)16-21-13-19-7-3-4-8-20(19)15-24-21;1-15(2,3)19-14(18)16-9-12-7-5-4-6-11(12)8-13(16)10-17;1-6-3-4-8(7(2)9)10-5-6;1-2-3-4-5-6/h6-11,13,17,20,24H,12,14-15H2,1-5H3;3-4,7-10,14,18,21,24H,5-6,11-13,15-16,23H2,1-2H3;4-7,10,13H,8-9H2,1-3H3;3-5,7H,9H2,1-2H3;5H,2-4H2,1H3/t17-,20+;18-,21+;13-;7-;/m0010./s1. The summed E-state index contributed by atoms with van der Waals surface area (Å²) < 4.78 is 11.0. The Morgan fingerprint density at radius 1 is 0.652 bits per heavy atom. The van der Waals surface area contributed by atoms with E-state index in [1.807, 2.05) is 128 Å². The number of hydrogen-bond acceptors (Lipinski definition) is 14. The summed E-state index contributed by atoms with van der Waals surface area (Å²) >= 11 is 0. The van der Waals surface area contributed by atoms with Crippen molar-refractivity contribution in [3.63, 3.8) is 0 Å². The van der Waals surface area contributed by atoms with Crippen LogP contribution in [0.5, 0.6) is 0 Å². The minimum Gasteiger partial charge on any atom is -0.444 e. The van der Waals surface area contributed by atoms with Crippen LogP contribution in [0.1, 0.15) is 187 Å². The highest BCUT2D eigenvalue weighted by Crippen LogP contribution is 2.28. The molecule has 16 nitrogen and oxygen atoms in total. The van der Waals surface area contributed by atoms with Gasteiger partial charge in [-0.05, 0) is 197 Å². The Morgan fingerprint density at radius 3 is 1.61 bits per heavy atom. The summed E-state index contributed by atoms with van der Waals surface area (Å²) in [6, 6.07) is 38.0. The Morgan fingerprint density at radius 2 is 1.13 bits per heavy atom. The third-order valence-corrected chi connectivity index (χ3v) is 15.6. The van der Waals surface area contributed by atoms with E-state index in [1.165, 1.54) is 38.3 Å². The van der Waals surface area contributed by atoms with Crippen LogP contribution in [-0.2, 0) is 58.0 Å². The van der Waals surface area contributed by atoms with Crippen molar-refractivity contribution < 1.29 is 28.7 Å². The molecular weight excluding hydrogens is 1110 g/mol. The van der Waals surface area contributed by atoms with Gasteiger partial charge in [0.1, 0.15) is 23.8 Å². The Bertz CT molecular complexity index is 3070. The fourth-order valence-electron chi connectivity index (χ4n) is 10.4. The van der Waals surface area contributed by atoms with Gasteiger partial charge in [0.25, 0.3) is 0 Å². The van der Waals surface area contributed by atoms with Gasteiger partial charge < -0.3 is 41.2 Å². The molecule has 482 valence electrons. The molecule has 6 atom stereocenters. The van der Waals surface area contributed by atoms with E-state index in [0.29, 0.717) is 38.1 Å². The number of nitrogens with zero attached hydrogens (tertiary/aromatic N) is 6. The number of fused-ring (bicyclic) bond motifs is 3. The third-order valence-electron chi connectivity index (χ3n) is 15.6. The number of nitrogens with two attached hydrogens (primary N) is 2. The summed E-state index contributed by atoms with van der Waals surface area (Å²) in [4.78, 5) is 65.0. The number of carbonyl (C=O) groups excluding carboxylic acids is 4. The number of hydrogen-bond donors (Lipinski definition) is 4. The summed E-state index contributed by atoms with van der Waals surface area (Å²) in [6.07, 6.45) is 14.4. The van der Waals surface area contributed by atoms with Crippen LogP contribution in [0.25, 0.3) is 0 Å². The predicted octanol–water partition coefficient (Wildman–Crippen LogP) is 12.9. The maximum Gasteiger partial charge on any atom is 0.411 e. The van der Waals surface area contributed by atoms with Crippen LogP contribution in [0.15, 0.2) is 128 Å². The van der Waals surface area contributed by atoms with Crippen LogP contribution in [-0.4, -0.2) is 110 Å². The van der Waals surface area contributed by atoms with Crippen LogP contribution in [0.3, 0.4) is 0 Å². The molecule has 0 bridgehead atoms. The van der Waals surface area contributed by atoms with Gasteiger partial charge in [0, 0.05) is 81.8 Å². The van der Waals surface area contributed by atoms with Crippen LogP contribution >= 0.6 is 0 Å². The largest absolute Gasteiger partial charge is 0.444 e. The number of pyridine rings is 3. The van der Waals surface area contributed by atoms with Crippen LogP contribution in [0.2, 0.25) is 0 Å². The molecule has 6 N–H and O–H groups in total. The Balaban J connectivity index is 0.000000218. The van der Waals surface area contributed by atoms with E-state index in [-0.39, 0.29) is 24.2 Å². The van der Waals surface area contributed by atoms with Gasteiger partial charge in [0.2, 0.25) is 0 Å². The van der Waals surface area contributed by atoms with Crippen LogP contribution in [0, 0.1) is 20.8 Å². The maximum atomic E-state index is 12.8. The normalized spacial score (nSPS) is 16.8. The number of rotatable bonds is 17. The number of unbranched alkanes of at least 4 members (excludes halogenated alkanes) is 3. The molecule has 0 fully saturated rings. The highest BCUT2D eigenvalue weighted by Gasteiger charge is 2.34. The van der Waals surface area contributed by atoms with E-state index < -0.39 is 23.3 Å². The van der Waals surface area contributed by atoms with Gasteiger partial charge in [-0.3, -0.25) is 29.7 Å². The molecule has 16 heteroatoms. The summed E-state index contributed by atoms with van der Waals surface area (Å²) in [6.45, 7) is 31.2. The third kappa shape index (κ3) is 24.9. The number of carbonyl (C=O) groups is 4. The fourth-order valence-corrected chi connectivity index (χ4v) is 10.4. The van der Waals surface area contributed by atoms with Gasteiger partial charge in [-0.1, -0.05) is 104 Å². The van der Waals surface area contributed by atoms with Crippen molar-refractivity contribution in [3.8, 4) is 0 Å². The molecule has 0 saturated heterocycles. The van der Waals surface area contributed by atoms with Crippen LogP contribution in [0.4, 0.5) is 9.59 Å². The van der Waals surface area contributed by atoms with Crippen molar-refractivity contribution >= 4 is 24.8 Å². The molecule has 0 radical (unpaired) electrons. The second-order valence-corrected chi connectivity index (χ2v) is 25.7. The van der Waals surface area contributed by atoms with Gasteiger partial charge >= 0.3 is 12.2 Å².